The zero-order chi connectivity index (χ0) is 40.2. The van der Waals surface area contributed by atoms with Gasteiger partial charge in [0.25, 0.3) is 0 Å². The summed E-state index contributed by atoms with van der Waals surface area (Å²) in [6.45, 7) is 29.9. The molecule has 0 radical (unpaired) electrons. The van der Waals surface area contributed by atoms with Crippen LogP contribution in [0.4, 0.5) is 4.79 Å². The first-order valence-electron chi connectivity index (χ1n) is 22.3. The number of methoxy groups -OCH3 is 1. The van der Waals surface area contributed by atoms with Crippen LogP contribution in [0.1, 0.15) is 142 Å². The summed E-state index contributed by atoms with van der Waals surface area (Å²) in [5, 5.41) is 4.34. The van der Waals surface area contributed by atoms with Gasteiger partial charge in [-0.1, -0.05) is 65.0 Å². The summed E-state index contributed by atoms with van der Waals surface area (Å²) in [7, 11) is 1.45. The molecule has 6 fully saturated rings. The highest BCUT2D eigenvalue weighted by molar-refractivity contribution is 5.90. The molecule has 0 spiro atoms. The first kappa shape index (κ1) is 40.2. The third-order valence-electron chi connectivity index (χ3n) is 18.1. The van der Waals surface area contributed by atoms with E-state index < -0.39 is 5.60 Å². The van der Waals surface area contributed by atoms with Crippen molar-refractivity contribution in [1.29, 1.82) is 0 Å². The molecule has 7 aliphatic rings. The van der Waals surface area contributed by atoms with Crippen LogP contribution in [0.3, 0.4) is 0 Å². The molecular weight excluding hydrogens is 695 g/mol. The third-order valence-corrected chi connectivity index (χ3v) is 18.1. The van der Waals surface area contributed by atoms with E-state index in [1.807, 2.05) is 37.8 Å². The van der Waals surface area contributed by atoms with Gasteiger partial charge in [0, 0.05) is 43.8 Å². The van der Waals surface area contributed by atoms with E-state index in [4.69, 9.17) is 9.47 Å². The molecule has 2 bridgehead atoms. The predicted molar refractivity (Wildman–Crippen MR) is 225 cm³/mol. The topological polar surface area (TPSA) is 71.1 Å². The van der Waals surface area contributed by atoms with Crippen LogP contribution in [0, 0.1) is 51.2 Å². The van der Waals surface area contributed by atoms with Gasteiger partial charge in [-0.15, -0.1) is 0 Å². The maximum absolute atomic E-state index is 12.9. The number of nitrogens with zero attached hydrogens (tertiary/aromatic N) is 2. The van der Waals surface area contributed by atoms with E-state index in [2.05, 4.69) is 76.5 Å². The van der Waals surface area contributed by atoms with Gasteiger partial charge in [0.2, 0.25) is 0 Å². The molecule has 2 aliphatic heterocycles. The molecule has 2 saturated heterocycles. The average Bonchev–Trinajstić information content (AvgIpc) is 3.84. The number of allylic oxidation sites excluding steroid dienone is 3. The molecular formula is C49H73N3O4. The second kappa shape index (κ2) is 13.7. The third kappa shape index (κ3) is 6.08. The molecule has 4 saturated carbocycles. The quantitative estimate of drug-likeness (QED) is 0.220. The van der Waals surface area contributed by atoms with Gasteiger partial charge in [0.1, 0.15) is 5.60 Å². The van der Waals surface area contributed by atoms with Crippen molar-refractivity contribution in [2.45, 2.75) is 150 Å². The number of esters is 1. The largest absolute Gasteiger partial charge is 0.465 e. The van der Waals surface area contributed by atoms with E-state index in [-0.39, 0.29) is 34.5 Å². The number of carbonyl (C=O) groups excluding carboxylic acids is 2. The molecule has 11 atom stereocenters. The molecule has 5 aliphatic carbocycles. The predicted octanol–water partition coefficient (Wildman–Crippen LogP) is 10.2. The summed E-state index contributed by atoms with van der Waals surface area (Å²) in [5.74, 6) is 2.98. The Balaban J connectivity index is 0.991. The summed E-state index contributed by atoms with van der Waals surface area (Å²) in [6, 6.07) is 8.86. The lowest BCUT2D eigenvalue weighted by atomic mass is 9.33. The van der Waals surface area contributed by atoms with Gasteiger partial charge in [0.05, 0.1) is 12.7 Å². The first-order valence-corrected chi connectivity index (χ1v) is 22.3. The molecule has 1 amide bonds. The van der Waals surface area contributed by atoms with Gasteiger partial charge in [-0.3, -0.25) is 4.90 Å². The number of fused-ring (bicyclic) bond motifs is 9. The van der Waals surface area contributed by atoms with Gasteiger partial charge in [-0.05, 0) is 166 Å². The monoisotopic (exact) mass is 768 g/mol. The van der Waals surface area contributed by atoms with Crippen molar-refractivity contribution < 1.29 is 19.1 Å². The molecule has 7 heteroatoms. The normalized spacial score (nSPS) is 41.2. The fourth-order valence-corrected chi connectivity index (χ4v) is 15.5. The summed E-state index contributed by atoms with van der Waals surface area (Å²) in [6.07, 6.45) is 15.0. The molecule has 2 heterocycles. The lowest BCUT2D eigenvalue weighted by Crippen LogP contribution is -2.68. The second-order valence-corrected chi connectivity index (χ2v) is 22.1. The van der Waals surface area contributed by atoms with Crippen molar-refractivity contribution in [3.8, 4) is 0 Å². The van der Waals surface area contributed by atoms with Crippen LogP contribution in [-0.4, -0.2) is 78.4 Å². The summed E-state index contributed by atoms with van der Waals surface area (Å²) in [5.41, 5.74) is 5.34. The van der Waals surface area contributed by atoms with Gasteiger partial charge >= 0.3 is 12.1 Å². The minimum Gasteiger partial charge on any atom is -0.465 e. The van der Waals surface area contributed by atoms with E-state index in [9.17, 15) is 9.59 Å². The van der Waals surface area contributed by atoms with E-state index in [1.54, 1.807) is 0 Å². The Hall–Kier alpha value is -2.64. The second-order valence-electron chi connectivity index (χ2n) is 22.1. The summed E-state index contributed by atoms with van der Waals surface area (Å²) < 4.78 is 10.7. The molecule has 7 nitrogen and oxygen atoms in total. The van der Waals surface area contributed by atoms with E-state index in [0.717, 1.165) is 39.0 Å². The molecule has 0 aromatic heterocycles. The Morgan fingerprint density at radius 1 is 0.893 bits per heavy atom. The number of rotatable bonds is 7. The maximum Gasteiger partial charge on any atom is 0.410 e. The fourth-order valence-electron chi connectivity index (χ4n) is 15.5. The minimum atomic E-state index is -0.455. The van der Waals surface area contributed by atoms with Crippen molar-refractivity contribution in [3.63, 3.8) is 0 Å². The number of hydrogen-bond donors (Lipinski definition) is 1. The fraction of sp³-hybridized carbons (Fsp3) is 0.755. The number of hydrogen-bond acceptors (Lipinski definition) is 6. The Morgan fingerprint density at radius 2 is 1.62 bits per heavy atom. The van der Waals surface area contributed by atoms with Crippen molar-refractivity contribution in [2.75, 3.05) is 33.3 Å². The Labute approximate surface area is 338 Å². The summed E-state index contributed by atoms with van der Waals surface area (Å²) >= 11 is 0. The number of ether oxygens (including phenoxy) is 2. The van der Waals surface area contributed by atoms with Gasteiger partial charge < -0.3 is 19.7 Å². The molecule has 0 unspecified atom stereocenters. The van der Waals surface area contributed by atoms with Crippen LogP contribution in [0.25, 0.3) is 5.57 Å². The van der Waals surface area contributed by atoms with Crippen molar-refractivity contribution >= 4 is 17.6 Å². The highest BCUT2D eigenvalue weighted by atomic mass is 16.6. The van der Waals surface area contributed by atoms with Crippen LogP contribution >= 0.6 is 0 Å². The standard InChI is InChI=1S/C49H73N3O4/c1-31(2)36-18-23-49(50-26-27-51-29-35-28-34(51)30-52(35)43(54)56-44(3,4)5)25-24-47(9)38(41(36)49)16-17-40-46(8)21-19-37(32-12-14-33(15-13-32)42(53)55-11)45(6,7)39(46)20-22-48(40,47)10/h12-15,19,34-36,38-41,50H,1,16-18,20-30H2,2-11H3/t34-,35-,36-,38+,39-,40+,41+,46-,47+,48+,49-/m0/s1. The number of amides is 1. The van der Waals surface area contributed by atoms with Crippen LogP contribution < -0.4 is 5.32 Å². The number of likely N-dealkylation sites (tertiary alicyclic amines) is 2. The van der Waals surface area contributed by atoms with Crippen LogP contribution in [0.15, 0.2) is 42.5 Å². The minimum absolute atomic E-state index is 0.0455. The first-order chi connectivity index (χ1) is 26.3. The average molecular weight is 768 g/mol. The van der Waals surface area contributed by atoms with E-state index in [0.29, 0.717) is 52.0 Å². The smallest absolute Gasteiger partial charge is 0.410 e. The molecule has 1 aromatic carbocycles. The number of benzene rings is 1. The lowest BCUT2D eigenvalue weighted by molar-refractivity contribution is -0.219. The number of carbonyl (C=O) groups is 2. The SMILES string of the molecule is C=C(C)[C@@H]1CC[C@]2(NCCN3C[C@@H]4C[C@H]3CN4C(=O)OC(C)(C)C)CC[C@]3(C)[C@H](CC[C@@H]4[C@@]5(C)CC=C(c6ccc(C(=O)OC)cc6)C(C)(C)[C@@H]5CC[C@]43C)[C@@H]12. The number of piperazine rings is 1. The van der Waals surface area contributed by atoms with Crippen molar-refractivity contribution in [3.05, 3.63) is 53.6 Å². The lowest BCUT2D eigenvalue weighted by Gasteiger charge is -2.72. The molecule has 8 rings (SSSR count). The van der Waals surface area contributed by atoms with Crippen molar-refractivity contribution in [2.24, 2.45) is 51.2 Å². The Bertz CT molecular complexity index is 1760. The Kier molecular flexibility index (Phi) is 9.83. The highest BCUT2D eigenvalue weighted by Crippen LogP contribution is 2.76. The van der Waals surface area contributed by atoms with Gasteiger partial charge in [0.15, 0.2) is 0 Å². The zero-order valence-electron chi connectivity index (χ0n) is 36.6. The van der Waals surface area contributed by atoms with Crippen LogP contribution in [0.2, 0.25) is 0 Å². The van der Waals surface area contributed by atoms with Crippen molar-refractivity contribution in [1.82, 2.24) is 15.1 Å². The molecule has 56 heavy (non-hydrogen) atoms. The number of nitrogens with one attached hydrogen (secondary N) is 1. The summed E-state index contributed by atoms with van der Waals surface area (Å²) in [4.78, 5) is 29.7. The molecule has 308 valence electrons. The van der Waals surface area contributed by atoms with E-state index >= 15 is 0 Å². The highest BCUT2D eigenvalue weighted by Gasteiger charge is 2.70. The zero-order valence-corrected chi connectivity index (χ0v) is 36.6. The Morgan fingerprint density at radius 3 is 2.27 bits per heavy atom. The van der Waals surface area contributed by atoms with E-state index in [1.165, 1.54) is 75.2 Å². The van der Waals surface area contributed by atoms with Crippen LogP contribution in [-0.2, 0) is 9.47 Å². The van der Waals surface area contributed by atoms with Crippen LogP contribution in [0.5, 0.6) is 0 Å². The maximum atomic E-state index is 12.9. The molecule has 1 aromatic rings. The molecule has 1 N–H and O–H groups in total. The van der Waals surface area contributed by atoms with Gasteiger partial charge in [-0.2, -0.15) is 0 Å². The van der Waals surface area contributed by atoms with Gasteiger partial charge in [-0.25, -0.2) is 9.59 Å².